The number of nitrogens with two attached hydrogens (primary N) is 2. The van der Waals surface area contributed by atoms with Crippen molar-refractivity contribution >= 4 is 0 Å². The van der Waals surface area contributed by atoms with Gasteiger partial charge in [0.25, 0.3) is 0 Å². The van der Waals surface area contributed by atoms with Gasteiger partial charge in [-0.05, 0) is 12.8 Å². The average molecular weight is 198 g/mol. The number of rotatable bonds is 0. The molecular weight excluding hydrogens is 172 g/mol. The molecule has 0 saturated heterocycles. The van der Waals surface area contributed by atoms with E-state index in [1.165, 1.54) is 51.4 Å². The molecular formula is C12H26N2. The molecule has 0 heterocycles. The molecule has 84 valence electrons. The van der Waals surface area contributed by atoms with Gasteiger partial charge >= 0.3 is 0 Å². The van der Waals surface area contributed by atoms with Gasteiger partial charge in [0.15, 0.2) is 0 Å². The summed E-state index contributed by atoms with van der Waals surface area (Å²) in [5, 5.41) is 0. The first-order chi connectivity index (χ1) is 6.80. The van der Waals surface area contributed by atoms with Crippen LogP contribution in [0.4, 0.5) is 0 Å². The average Bonchev–Trinajstić information content (AvgIpc) is 2.26. The molecule has 0 amide bonds. The van der Waals surface area contributed by atoms with Gasteiger partial charge in [0, 0.05) is 12.1 Å². The topological polar surface area (TPSA) is 52.0 Å². The van der Waals surface area contributed by atoms with E-state index in [2.05, 4.69) is 0 Å². The third-order valence-electron chi connectivity index (χ3n) is 3.37. The Bertz CT molecular complexity index is 111. The van der Waals surface area contributed by atoms with Crippen molar-refractivity contribution < 1.29 is 0 Å². The van der Waals surface area contributed by atoms with Crippen LogP contribution in [0.2, 0.25) is 0 Å². The van der Waals surface area contributed by atoms with Gasteiger partial charge in [-0.2, -0.15) is 0 Å². The fourth-order valence-corrected chi connectivity index (χ4v) is 2.25. The van der Waals surface area contributed by atoms with Crippen molar-refractivity contribution in [1.29, 1.82) is 0 Å². The van der Waals surface area contributed by atoms with Crippen LogP contribution < -0.4 is 11.5 Å². The van der Waals surface area contributed by atoms with Crippen molar-refractivity contribution in [1.82, 2.24) is 0 Å². The van der Waals surface area contributed by atoms with E-state index >= 15 is 0 Å². The summed E-state index contributed by atoms with van der Waals surface area (Å²) in [6.07, 6.45) is 13.8. The molecule has 14 heavy (non-hydrogen) atoms. The third-order valence-corrected chi connectivity index (χ3v) is 3.37. The molecule has 2 nitrogen and oxygen atoms in total. The molecule has 2 heteroatoms. The molecule has 0 aromatic rings. The monoisotopic (exact) mass is 198 g/mol. The van der Waals surface area contributed by atoms with Crippen LogP contribution in [0.25, 0.3) is 0 Å². The van der Waals surface area contributed by atoms with Gasteiger partial charge in [-0.3, -0.25) is 0 Å². The van der Waals surface area contributed by atoms with Crippen LogP contribution in [0, 0.1) is 0 Å². The van der Waals surface area contributed by atoms with Crippen molar-refractivity contribution in [2.24, 2.45) is 11.5 Å². The highest BCUT2D eigenvalue weighted by Gasteiger charge is 2.16. The van der Waals surface area contributed by atoms with Crippen molar-refractivity contribution in [2.75, 3.05) is 0 Å². The molecule has 0 spiro atoms. The molecule has 0 aliphatic heterocycles. The van der Waals surface area contributed by atoms with E-state index in [1.807, 2.05) is 0 Å². The zero-order valence-electron chi connectivity index (χ0n) is 9.38. The minimum absolute atomic E-state index is 0.281. The van der Waals surface area contributed by atoms with E-state index in [1.54, 1.807) is 0 Å². The maximum absolute atomic E-state index is 5.65. The fraction of sp³-hybridized carbons (Fsp3) is 1.00. The molecule has 0 unspecified atom stereocenters. The summed E-state index contributed by atoms with van der Waals surface area (Å²) in [6.45, 7) is 0. The van der Waals surface area contributed by atoms with Crippen molar-refractivity contribution in [3.63, 3.8) is 0 Å². The summed E-state index contributed by atoms with van der Waals surface area (Å²) in [6, 6.07) is 0.562. The first-order valence-electron chi connectivity index (χ1n) is 6.32. The summed E-state index contributed by atoms with van der Waals surface area (Å²) in [7, 11) is 0. The lowest BCUT2D eigenvalue weighted by Crippen LogP contribution is -2.43. The molecule has 0 aromatic carbocycles. The van der Waals surface area contributed by atoms with Crippen LogP contribution in [0.5, 0.6) is 0 Å². The lowest BCUT2D eigenvalue weighted by molar-refractivity contribution is 0.385. The highest BCUT2D eigenvalue weighted by Crippen LogP contribution is 2.15. The van der Waals surface area contributed by atoms with E-state index in [4.69, 9.17) is 11.5 Å². The summed E-state index contributed by atoms with van der Waals surface area (Å²) in [4.78, 5) is 0. The van der Waals surface area contributed by atoms with Crippen molar-refractivity contribution in [2.45, 2.75) is 76.3 Å². The van der Waals surface area contributed by atoms with Gasteiger partial charge in [-0.15, -0.1) is 0 Å². The number of hydrogen-bond donors (Lipinski definition) is 2. The van der Waals surface area contributed by atoms with Crippen LogP contribution in [0.3, 0.4) is 0 Å². The predicted octanol–water partition coefficient (Wildman–Crippen LogP) is 2.56. The zero-order valence-corrected chi connectivity index (χ0v) is 9.38. The van der Waals surface area contributed by atoms with Gasteiger partial charge in [0.05, 0.1) is 0 Å². The van der Waals surface area contributed by atoms with E-state index in [0.717, 1.165) is 12.8 Å². The third kappa shape index (κ3) is 4.97. The van der Waals surface area contributed by atoms with Gasteiger partial charge in [-0.1, -0.05) is 51.4 Å². The molecule has 2 saturated carbocycles. The molecule has 0 aromatic heterocycles. The maximum atomic E-state index is 5.65. The van der Waals surface area contributed by atoms with Crippen LogP contribution in [0.1, 0.15) is 64.2 Å². The second-order valence-corrected chi connectivity index (χ2v) is 4.73. The van der Waals surface area contributed by atoms with Crippen molar-refractivity contribution in [3.8, 4) is 0 Å². The Morgan fingerprint density at radius 2 is 0.786 bits per heavy atom. The maximum Gasteiger partial charge on any atom is 0.0192 e. The molecule has 2 aliphatic carbocycles. The molecule has 2 fully saturated rings. The first kappa shape index (κ1) is 12.0. The number of hydrogen-bond acceptors (Lipinski definition) is 2. The SMILES string of the molecule is C1CCCCC1.N[C@@H]1CCCC[C@H]1N. The van der Waals surface area contributed by atoms with E-state index in [0.29, 0.717) is 0 Å². The Labute approximate surface area is 88.4 Å². The van der Waals surface area contributed by atoms with E-state index in [9.17, 15) is 0 Å². The summed E-state index contributed by atoms with van der Waals surface area (Å²) in [5.74, 6) is 0. The Morgan fingerprint density at radius 3 is 1.00 bits per heavy atom. The zero-order chi connectivity index (χ0) is 10.2. The summed E-state index contributed by atoms with van der Waals surface area (Å²) >= 11 is 0. The Hall–Kier alpha value is -0.0800. The largest absolute Gasteiger partial charge is 0.326 e. The Kier molecular flexibility index (Phi) is 6.20. The molecule has 2 rings (SSSR count). The second kappa shape index (κ2) is 7.24. The Balaban J connectivity index is 0.000000146. The van der Waals surface area contributed by atoms with E-state index < -0.39 is 0 Å². The van der Waals surface area contributed by atoms with Crippen LogP contribution in [-0.4, -0.2) is 12.1 Å². The highest BCUT2D eigenvalue weighted by molar-refractivity contribution is 4.79. The van der Waals surface area contributed by atoms with Gasteiger partial charge < -0.3 is 11.5 Å². The van der Waals surface area contributed by atoms with Gasteiger partial charge in [0.2, 0.25) is 0 Å². The lowest BCUT2D eigenvalue weighted by Gasteiger charge is -2.24. The minimum Gasteiger partial charge on any atom is -0.326 e. The predicted molar refractivity (Wildman–Crippen MR) is 62.1 cm³/mol. The second-order valence-electron chi connectivity index (χ2n) is 4.73. The van der Waals surface area contributed by atoms with Crippen LogP contribution in [0.15, 0.2) is 0 Å². The normalized spacial score (nSPS) is 33.0. The molecule has 0 bridgehead atoms. The molecule has 0 radical (unpaired) electrons. The Morgan fingerprint density at radius 1 is 0.500 bits per heavy atom. The van der Waals surface area contributed by atoms with E-state index in [-0.39, 0.29) is 12.1 Å². The lowest BCUT2D eigenvalue weighted by atomic mass is 9.92. The van der Waals surface area contributed by atoms with Crippen LogP contribution in [-0.2, 0) is 0 Å². The smallest absolute Gasteiger partial charge is 0.0192 e. The van der Waals surface area contributed by atoms with Gasteiger partial charge in [0.1, 0.15) is 0 Å². The first-order valence-corrected chi connectivity index (χ1v) is 6.32. The fourth-order valence-electron chi connectivity index (χ4n) is 2.25. The molecule has 2 atom stereocenters. The quantitative estimate of drug-likeness (QED) is 0.628. The molecule has 2 aliphatic rings. The minimum atomic E-state index is 0.281. The summed E-state index contributed by atoms with van der Waals surface area (Å²) < 4.78 is 0. The van der Waals surface area contributed by atoms with Crippen molar-refractivity contribution in [3.05, 3.63) is 0 Å². The van der Waals surface area contributed by atoms with Gasteiger partial charge in [-0.25, -0.2) is 0 Å². The standard InChI is InChI=1S/C6H14N2.C6H12/c7-5-3-1-2-4-6(5)8;1-2-4-6-5-3-1/h5-6H,1-4,7-8H2;1-6H2/t5-,6-;/m1./s1. The highest BCUT2D eigenvalue weighted by atomic mass is 14.8. The molecule has 4 N–H and O–H groups in total. The summed E-state index contributed by atoms with van der Waals surface area (Å²) in [5.41, 5.74) is 11.3. The van der Waals surface area contributed by atoms with Crippen LogP contribution >= 0.6 is 0 Å².